The molecule has 0 radical (unpaired) electrons. The minimum atomic E-state index is 0.854. The van der Waals surface area contributed by atoms with Gasteiger partial charge in [0.1, 0.15) is 0 Å². The fraction of sp³-hybridized carbons (Fsp3) is 0.235. The van der Waals surface area contributed by atoms with Crippen LogP contribution in [0, 0.1) is 0 Å². The predicted molar refractivity (Wildman–Crippen MR) is 167 cm³/mol. The van der Waals surface area contributed by atoms with E-state index in [4.69, 9.17) is 0 Å². The van der Waals surface area contributed by atoms with Crippen LogP contribution in [0.4, 0.5) is 22.7 Å². The standard InChI is InChI=1S/C34H38N4/c1-35(2)29-15-7-11-27-13-9-17-31(33(27)29)37(5)23-25-19-21-26(22-20-25)24-38(6)32-18-10-14-28-12-8-16-30(34(28)32)36(3)4/h7-22H,23-24H2,1-6H3. The zero-order valence-corrected chi connectivity index (χ0v) is 23.4. The van der Waals surface area contributed by atoms with Crippen LogP contribution >= 0.6 is 0 Å². The molecule has 0 amide bonds. The number of anilines is 4. The molecule has 5 rings (SSSR count). The molecule has 4 heteroatoms. The highest BCUT2D eigenvalue weighted by Gasteiger charge is 2.14. The molecule has 0 heterocycles. The second-order valence-electron chi connectivity index (χ2n) is 10.6. The van der Waals surface area contributed by atoms with Gasteiger partial charge in [0.15, 0.2) is 0 Å². The summed E-state index contributed by atoms with van der Waals surface area (Å²) in [6.45, 7) is 1.71. The second-order valence-corrected chi connectivity index (χ2v) is 10.6. The summed E-state index contributed by atoms with van der Waals surface area (Å²) >= 11 is 0. The minimum Gasteiger partial charge on any atom is -0.377 e. The highest BCUT2D eigenvalue weighted by Crippen LogP contribution is 2.36. The van der Waals surface area contributed by atoms with Crippen molar-refractivity contribution in [1.29, 1.82) is 0 Å². The summed E-state index contributed by atoms with van der Waals surface area (Å²) in [5, 5.41) is 5.13. The summed E-state index contributed by atoms with van der Waals surface area (Å²) in [7, 11) is 12.8. The second kappa shape index (κ2) is 10.7. The molecule has 0 aromatic heterocycles. The molecule has 194 valence electrons. The molecule has 0 spiro atoms. The molecule has 0 atom stereocenters. The average Bonchev–Trinajstić information content (AvgIpc) is 2.92. The van der Waals surface area contributed by atoms with Crippen molar-refractivity contribution in [3.63, 3.8) is 0 Å². The Balaban J connectivity index is 1.36. The van der Waals surface area contributed by atoms with E-state index >= 15 is 0 Å². The molecule has 0 N–H and O–H groups in total. The Morgan fingerprint density at radius 1 is 0.395 bits per heavy atom. The van der Waals surface area contributed by atoms with Crippen molar-refractivity contribution in [1.82, 2.24) is 0 Å². The lowest BCUT2D eigenvalue weighted by Gasteiger charge is -2.26. The van der Waals surface area contributed by atoms with Gasteiger partial charge in [0.2, 0.25) is 0 Å². The molecule has 0 aliphatic rings. The molecule has 0 bridgehead atoms. The van der Waals surface area contributed by atoms with Crippen LogP contribution in [-0.4, -0.2) is 42.3 Å². The number of benzene rings is 5. The number of hydrogen-bond acceptors (Lipinski definition) is 4. The van der Waals surface area contributed by atoms with Gasteiger partial charge in [0.05, 0.1) is 0 Å². The third-order valence-corrected chi connectivity index (χ3v) is 7.37. The molecule has 0 saturated carbocycles. The van der Waals surface area contributed by atoms with E-state index in [2.05, 4.69) is 159 Å². The largest absolute Gasteiger partial charge is 0.377 e. The van der Waals surface area contributed by atoms with E-state index in [0.717, 1.165) is 13.1 Å². The zero-order valence-electron chi connectivity index (χ0n) is 23.4. The Morgan fingerprint density at radius 2 is 0.711 bits per heavy atom. The molecule has 0 aliphatic carbocycles. The first-order valence-electron chi connectivity index (χ1n) is 13.2. The lowest BCUT2D eigenvalue weighted by Crippen LogP contribution is -2.19. The van der Waals surface area contributed by atoms with Crippen LogP contribution in [0.1, 0.15) is 11.1 Å². The van der Waals surface area contributed by atoms with E-state index in [0.29, 0.717) is 0 Å². The predicted octanol–water partition coefficient (Wildman–Crippen LogP) is 7.40. The SMILES string of the molecule is CN(C)c1cccc2cccc(N(C)Cc3ccc(CN(C)c4cccc5cccc(N(C)C)c45)cc3)c12. The zero-order chi connectivity index (χ0) is 26.8. The van der Waals surface area contributed by atoms with Crippen molar-refractivity contribution in [2.45, 2.75) is 13.1 Å². The first kappa shape index (κ1) is 25.5. The molecule has 5 aromatic carbocycles. The quantitative estimate of drug-likeness (QED) is 0.219. The average molecular weight is 503 g/mol. The summed E-state index contributed by atoms with van der Waals surface area (Å²) in [6, 6.07) is 35.3. The highest BCUT2D eigenvalue weighted by atomic mass is 15.1. The fourth-order valence-electron chi connectivity index (χ4n) is 5.45. The summed E-state index contributed by atoms with van der Waals surface area (Å²) < 4.78 is 0. The topological polar surface area (TPSA) is 13.0 Å². The number of rotatable bonds is 8. The van der Waals surface area contributed by atoms with Gasteiger partial charge in [-0.15, -0.1) is 0 Å². The fourth-order valence-corrected chi connectivity index (χ4v) is 5.45. The Morgan fingerprint density at radius 3 is 1.03 bits per heavy atom. The Labute approximate surface area is 227 Å². The van der Waals surface area contributed by atoms with Crippen LogP contribution in [0.15, 0.2) is 97.1 Å². The summed E-state index contributed by atoms with van der Waals surface area (Å²) in [6.07, 6.45) is 0. The van der Waals surface area contributed by atoms with Crippen LogP contribution in [0.25, 0.3) is 21.5 Å². The van der Waals surface area contributed by atoms with Crippen LogP contribution in [0.3, 0.4) is 0 Å². The Kier molecular flexibility index (Phi) is 7.15. The minimum absolute atomic E-state index is 0.854. The smallest absolute Gasteiger partial charge is 0.0467 e. The monoisotopic (exact) mass is 502 g/mol. The van der Waals surface area contributed by atoms with E-state index in [9.17, 15) is 0 Å². The third-order valence-electron chi connectivity index (χ3n) is 7.37. The van der Waals surface area contributed by atoms with Gasteiger partial charge in [-0.05, 0) is 46.2 Å². The molecular formula is C34H38N4. The van der Waals surface area contributed by atoms with Gasteiger partial charge in [0.25, 0.3) is 0 Å². The summed E-state index contributed by atoms with van der Waals surface area (Å²) in [5.74, 6) is 0. The maximum absolute atomic E-state index is 2.36. The lowest BCUT2D eigenvalue weighted by atomic mass is 10.0. The molecule has 0 fully saturated rings. The summed E-state index contributed by atoms with van der Waals surface area (Å²) in [4.78, 5) is 9.11. The van der Waals surface area contributed by atoms with Gasteiger partial charge in [-0.3, -0.25) is 0 Å². The van der Waals surface area contributed by atoms with Crippen molar-refractivity contribution in [2.75, 3.05) is 61.9 Å². The molecule has 0 unspecified atom stereocenters. The molecule has 5 aromatic rings. The first-order valence-corrected chi connectivity index (χ1v) is 13.2. The van der Waals surface area contributed by atoms with Gasteiger partial charge in [-0.25, -0.2) is 0 Å². The van der Waals surface area contributed by atoms with Crippen LogP contribution in [0.2, 0.25) is 0 Å². The Hall–Kier alpha value is -4.18. The van der Waals surface area contributed by atoms with E-state index < -0.39 is 0 Å². The molecule has 38 heavy (non-hydrogen) atoms. The van der Waals surface area contributed by atoms with Crippen molar-refractivity contribution >= 4 is 44.3 Å². The van der Waals surface area contributed by atoms with Crippen LogP contribution in [-0.2, 0) is 13.1 Å². The molecule has 0 saturated heterocycles. The van der Waals surface area contributed by atoms with Crippen LogP contribution < -0.4 is 19.6 Å². The molecule has 4 nitrogen and oxygen atoms in total. The Bertz CT molecular complexity index is 1420. The highest BCUT2D eigenvalue weighted by molar-refractivity contribution is 6.04. The van der Waals surface area contributed by atoms with E-state index in [1.165, 1.54) is 55.4 Å². The van der Waals surface area contributed by atoms with Gasteiger partial charge < -0.3 is 19.6 Å². The van der Waals surface area contributed by atoms with Crippen molar-refractivity contribution in [3.8, 4) is 0 Å². The molecular weight excluding hydrogens is 464 g/mol. The van der Waals surface area contributed by atoms with E-state index in [1.54, 1.807) is 0 Å². The number of fused-ring (bicyclic) bond motifs is 2. The maximum atomic E-state index is 2.36. The number of nitrogens with zero attached hydrogens (tertiary/aromatic N) is 4. The van der Waals surface area contributed by atoms with Crippen molar-refractivity contribution in [3.05, 3.63) is 108 Å². The third kappa shape index (κ3) is 4.99. The van der Waals surface area contributed by atoms with E-state index in [-0.39, 0.29) is 0 Å². The first-order chi connectivity index (χ1) is 18.3. The van der Waals surface area contributed by atoms with Crippen LogP contribution in [0.5, 0.6) is 0 Å². The molecule has 0 aliphatic heterocycles. The normalized spacial score (nSPS) is 11.1. The summed E-state index contributed by atoms with van der Waals surface area (Å²) in [5.41, 5.74) is 7.60. The van der Waals surface area contributed by atoms with Gasteiger partial charge >= 0.3 is 0 Å². The maximum Gasteiger partial charge on any atom is 0.0467 e. The number of hydrogen-bond donors (Lipinski definition) is 0. The van der Waals surface area contributed by atoms with E-state index in [1.807, 2.05) is 0 Å². The van der Waals surface area contributed by atoms with Gasteiger partial charge in [-0.1, -0.05) is 72.8 Å². The van der Waals surface area contributed by atoms with Gasteiger partial charge in [-0.2, -0.15) is 0 Å². The van der Waals surface area contributed by atoms with Crippen molar-refractivity contribution < 1.29 is 0 Å². The lowest BCUT2D eigenvalue weighted by molar-refractivity contribution is 0.910. The van der Waals surface area contributed by atoms with Gasteiger partial charge in [0, 0.05) is 88.9 Å². The van der Waals surface area contributed by atoms with Crippen molar-refractivity contribution in [2.24, 2.45) is 0 Å².